The molecule has 0 saturated carbocycles. The number of thiophene rings is 1. The van der Waals surface area contributed by atoms with E-state index in [9.17, 15) is 13.5 Å². The second kappa shape index (κ2) is 5.16. The van der Waals surface area contributed by atoms with E-state index in [-0.39, 0.29) is 0 Å². The fraction of sp³-hybridized carbons (Fsp3) is 0.692. The first-order chi connectivity index (χ1) is 8.72. The van der Waals surface area contributed by atoms with Gasteiger partial charge in [0.2, 0.25) is 10.0 Å². The van der Waals surface area contributed by atoms with E-state index >= 15 is 0 Å². The van der Waals surface area contributed by atoms with E-state index in [4.69, 9.17) is 0 Å². The van der Waals surface area contributed by atoms with Crippen LogP contribution in [-0.2, 0) is 10.0 Å². The summed E-state index contributed by atoms with van der Waals surface area (Å²) in [5.74, 6) is 0. The van der Waals surface area contributed by atoms with Crippen molar-refractivity contribution in [2.45, 2.75) is 50.5 Å². The third-order valence-electron chi connectivity index (χ3n) is 3.64. The molecule has 6 heteroatoms. The summed E-state index contributed by atoms with van der Waals surface area (Å²) in [5.41, 5.74) is -0.746. The van der Waals surface area contributed by atoms with Gasteiger partial charge in [-0.2, -0.15) is 4.31 Å². The second-order valence-electron chi connectivity index (χ2n) is 5.53. The van der Waals surface area contributed by atoms with E-state index in [0.717, 1.165) is 9.75 Å². The molecule has 0 bridgehead atoms. The molecule has 4 nitrogen and oxygen atoms in total. The molecule has 2 heterocycles. The van der Waals surface area contributed by atoms with Gasteiger partial charge in [0.05, 0.1) is 10.5 Å². The predicted molar refractivity (Wildman–Crippen MR) is 77.0 cm³/mol. The molecular weight excluding hydrogens is 282 g/mol. The van der Waals surface area contributed by atoms with E-state index in [0.29, 0.717) is 37.2 Å². The highest BCUT2D eigenvalue weighted by atomic mass is 32.2. The zero-order chi connectivity index (χ0) is 14.3. The highest BCUT2D eigenvalue weighted by Crippen LogP contribution is 2.30. The maximum absolute atomic E-state index is 12.6. The Hall–Kier alpha value is -0.430. The maximum atomic E-state index is 12.6. The highest BCUT2D eigenvalue weighted by Gasteiger charge is 2.32. The van der Waals surface area contributed by atoms with Crippen LogP contribution < -0.4 is 0 Å². The van der Waals surface area contributed by atoms with Crippen LogP contribution >= 0.6 is 11.3 Å². The van der Waals surface area contributed by atoms with Gasteiger partial charge in [-0.15, -0.1) is 11.3 Å². The summed E-state index contributed by atoms with van der Waals surface area (Å²) in [7, 11) is -3.41. The van der Waals surface area contributed by atoms with Gasteiger partial charge in [0.1, 0.15) is 0 Å². The summed E-state index contributed by atoms with van der Waals surface area (Å²) in [6.07, 6.45) is 1.85. The largest absolute Gasteiger partial charge is 0.390 e. The molecule has 0 aliphatic carbocycles. The molecule has 1 fully saturated rings. The van der Waals surface area contributed by atoms with Crippen LogP contribution in [0.3, 0.4) is 0 Å². The van der Waals surface area contributed by atoms with Gasteiger partial charge in [-0.25, -0.2) is 8.42 Å². The first kappa shape index (κ1) is 15.0. The molecule has 1 N–H and O–H groups in total. The molecule has 0 aromatic carbocycles. The van der Waals surface area contributed by atoms with Crippen molar-refractivity contribution in [3.05, 3.63) is 15.8 Å². The number of hydrogen-bond donors (Lipinski definition) is 1. The zero-order valence-corrected chi connectivity index (χ0v) is 13.3. The molecule has 0 amide bonds. The number of aryl methyl sites for hydroxylation is 2. The molecule has 1 unspecified atom stereocenters. The summed E-state index contributed by atoms with van der Waals surface area (Å²) < 4.78 is 26.8. The Bertz CT molecular complexity index is 560. The van der Waals surface area contributed by atoms with Crippen molar-refractivity contribution in [2.75, 3.05) is 13.1 Å². The van der Waals surface area contributed by atoms with Crippen molar-refractivity contribution >= 4 is 21.4 Å². The maximum Gasteiger partial charge on any atom is 0.244 e. The van der Waals surface area contributed by atoms with Crippen LogP contribution in [0.2, 0.25) is 0 Å². The number of hydrogen-bond acceptors (Lipinski definition) is 4. The normalized spacial score (nSPS) is 26.3. The summed E-state index contributed by atoms with van der Waals surface area (Å²) >= 11 is 1.51. The van der Waals surface area contributed by atoms with E-state index in [1.165, 1.54) is 15.6 Å². The molecule has 0 spiro atoms. The van der Waals surface area contributed by atoms with Crippen LogP contribution in [0.4, 0.5) is 0 Å². The molecule has 1 aromatic heterocycles. The average Bonchev–Trinajstić information content (AvgIpc) is 2.52. The minimum atomic E-state index is -3.41. The quantitative estimate of drug-likeness (QED) is 0.912. The fourth-order valence-corrected chi connectivity index (χ4v) is 5.48. The van der Waals surface area contributed by atoms with E-state index in [2.05, 4.69) is 0 Å². The number of aliphatic hydroxyl groups is 1. The van der Waals surface area contributed by atoms with Gasteiger partial charge >= 0.3 is 0 Å². The van der Waals surface area contributed by atoms with E-state index in [1.807, 2.05) is 13.8 Å². The molecule has 1 aliphatic rings. The molecule has 108 valence electrons. The summed E-state index contributed by atoms with van der Waals surface area (Å²) in [4.78, 5) is 2.28. The van der Waals surface area contributed by atoms with Crippen LogP contribution in [0.1, 0.15) is 35.9 Å². The van der Waals surface area contributed by atoms with Crippen LogP contribution in [-0.4, -0.2) is 36.5 Å². The lowest BCUT2D eigenvalue weighted by Gasteiger charge is -2.22. The Balaban J connectivity index is 2.28. The summed E-state index contributed by atoms with van der Waals surface area (Å²) in [6.45, 7) is 6.43. The third-order valence-corrected chi connectivity index (χ3v) is 6.76. The lowest BCUT2D eigenvalue weighted by Crippen LogP contribution is -2.33. The van der Waals surface area contributed by atoms with Gasteiger partial charge < -0.3 is 5.11 Å². The number of sulfonamides is 1. The second-order valence-corrected chi connectivity index (χ2v) is 8.90. The molecule has 1 aliphatic heterocycles. The predicted octanol–water partition coefficient (Wildman–Crippen LogP) is 2.29. The number of rotatable bonds is 2. The van der Waals surface area contributed by atoms with Crippen molar-refractivity contribution in [1.29, 1.82) is 0 Å². The van der Waals surface area contributed by atoms with Crippen molar-refractivity contribution in [3.8, 4) is 0 Å². The van der Waals surface area contributed by atoms with Gasteiger partial charge in [0, 0.05) is 22.8 Å². The lowest BCUT2D eigenvalue weighted by atomic mass is 9.98. The van der Waals surface area contributed by atoms with Crippen molar-refractivity contribution in [1.82, 2.24) is 4.31 Å². The molecule has 0 radical (unpaired) electrons. The minimum Gasteiger partial charge on any atom is -0.390 e. The van der Waals surface area contributed by atoms with Gasteiger partial charge in [-0.3, -0.25) is 0 Å². The zero-order valence-electron chi connectivity index (χ0n) is 11.6. The van der Waals surface area contributed by atoms with E-state index < -0.39 is 15.6 Å². The van der Waals surface area contributed by atoms with Crippen LogP contribution in [0.5, 0.6) is 0 Å². The molecule has 1 saturated heterocycles. The first-order valence-electron chi connectivity index (χ1n) is 6.52. The number of nitrogens with zero attached hydrogens (tertiary/aromatic N) is 1. The first-order valence-corrected chi connectivity index (χ1v) is 8.78. The summed E-state index contributed by atoms with van der Waals surface area (Å²) in [6, 6.07) is 1.75. The Morgan fingerprint density at radius 3 is 2.58 bits per heavy atom. The average molecular weight is 303 g/mol. The topological polar surface area (TPSA) is 57.6 Å². The molecule has 1 aromatic rings. The van der Waals surface area contributed by atoms with E-state index in [1.54, 1.807) is 13.0 Å². The van der Waals surface area contributed by atoms with Crippen LogP contribution in [0.15, 0.2) is 11.0 Å². The van der Waals surface area contributed by atoms with Crippen molar-refractivity contribution < 1.29 is 13.5 Å². The minimum absolute atomic E-state index is 0.393. The Kier molecular flexibility index (Phi) is 4.07. The smallest absolute Gasteiger partial charge is 0.244 e. The molecule has 19 heavy (non-hydrogen) atoms. The lowest BCUT2D eigenvalue weighted by molar-refractivity contribution is 0.0465. The Morgan fingerprint density at radius 1 is 1.32 bits per heavy atom. The standard InChI is InChI=1S/C13H21NO3S2/c1-10-9-12(11(2)18-10)19(16,17)14-7-4-5-13(3,15)6-8-14/h9,15H,4-8H2,1-3H3. The molecular formula is C13H21NO3S2. The third kappa shape index (κ3) is 3.18. The Labute approximate surface area is 119 Å². The van der Waals surface area contributed by atoms with Gasteiger partial charge in [0.15, 0.2) is 0 Å². The monoisotopic (exact) mass is 303 g/mol. The summed E-state index contributed by atoms with van der Waals surface area (Å²) in [5, 5.41) is 10.0. The van der Waals surface area contributed by atoms with Crippen LogP contribution in [0.25, 0.3) is 0 Å². The van der Waals surface area contributed by atoms with Gasteiger partial charge in [-0.05, 0) is 46.1 Å². The molecule has 1 atom stereocenters. The van der Waals surface area contributed by atoms with Crippen molar-refractivity contribution in [3.63, 3.8) is 0 Å². The van der Waals surface area contributed by atoms with Crippen LogP contribution in [0, 0.1) is 13.8 Å². The van der Waals surface area contributed by atoms with Gasteiger partial charge in [-0.1, -0.05) is 0 Å². The van der Waals surface area contributed by atoms with Crippen molar-refractivity contribution in [2.24, 2.45) is 0 Å². The fourth-order valence-electron chi connectivity index (χ4n) is 2.48. The SMILES string of the molecule is Cc1cc(S(=O)(=O)N2CCCC(C)(O)CC2)c(C)s1. The van der Waals surface area contributed by atoms with Gasteiger partial charge in [0.25, 0.3) is 0 Å². The Morgan fingerprint density at radius 2 is 2.00 bits per heavy atom. The molecule has 2 rings (SSSR count). The highest BCUT2D eigenvalue weighted by molar-refractivity contribution is 7.89.